The molecule has 1 aromatic rings. The van der Waals surface area contributed by atoms with E-state index in [4.69, 9.17) is 5.73 Å². The molecule has 0 spiro atoms. The van der Waals surface area contributed by atoms with Crippen LogP contribution in [0.1, 0.15) is 5.56 Å². The van der Waals surface area contributed by atoms with Gasteiger partial charge in [-0.3, -0.25) is 14.8 Å². The second kappa shape index (κ2) is 3.28. The third kappa shape index (κ3) is 1.26. The minimum Gasteiger partial charge on any atom is -0.326 e. The molecule has 5 heterocycles. The van der Waals surface area contributed by atoms with Gasteiger partial charge in [-0.05, 0) is 11.6 Å². The largest absolute Gasteiger partial charge is 0.326 e. The highest BCUT2D eigenvalue weighted by atomic mass is 15.4. The summed E-state index contributed by atoms with van der Waals surface area (Å²) in [5.74, 6) is 0.631. The van der Waals surface area contributed by atoms with Crippen LogP contribution < -0.4 is 5.73 Å². The Morgan fingerprint density at radius 1 is 1.29 bits per heavy atom. The molecule has 4 aliphatic rings. The Hall–Kier alpha value is -0.970. The first kappa shape index (κ1) is 10.00. The molecule has 4 fully saturated rings. The maximum Gasteiger partial charge on any atom is 0.0507 e. The van der Waals surface area contributed by atoms with Gasteiger partial charge in [-0.25, -0.2) is 0 Å². The van der Waals surface area contributed by atoms with Crippen LogP contribution in [0.2, 0.25) is 0 Å². The lowest BCUT2D eigenvalue weighted by Crippen LogP contribution is -2.77. The summed E-state index contributed by atoms with van der Waals surface area (Å²) in [6.07, 6.45) is 3.85. The molecule has 0 aliphatic carbocycles. The van der Waals surface area contributed by atoms with E-state index in [0.29, 0.717) is 12.0 Å². The number of aromatic nitrogens is 1. The first-order valence-corrected chi connectivity index (χ1v) is 6.39. The molecule has 0 amide bonds. The van der Waals surface area contributed by atoms with Crippen molar-refractivity contribution in [2.75, 3.05) is 32.8 Å². The van der Waals surface area contributed by atoms with Crippen LogP contribution in [0.4, 0.5) is 0 Å². The molecule has 0 saturated carbocycles. The van der Waals surface area contributed by atoms with Crippen molar-refractivity contribution in [2.45, 2.75) is 11.5 Å². The SMILES string of the molecule is NC1C2CN3CN(C2)CC1(c1cccnc1)C3. The standard InChI is InChI=1S/C13H18N4/c14-12-10-5-16-7-13(12,8-17(6-10)9-16)11-2-1-3-15-4-11/h1-4,10,12H,5-9,14H2. The van der Waals surface area contributed by atoms with Crippen LogP contribution in [0.5, 0.6) is 0 Å². The summed E-state index contributed by atoms with van der Waals surface area (Å²) in [4.78, 5) is 9.38. The third-order valence-corrected chi connectivity index (χ3v) is 4.78. The Bertz CT molecular complexity index is 418. The van der Waals surface area contributed by atoms with Crippen molar-refractivity contribution in [3.63, 3.8) is 0 Å². The number of rotatable bonds is 1. The second-order valence-electron chi connectivity index (χ2n) is 5.85. The van der Waals surface area contributed by atoms with Crippen LogP contribution in [0.3, 0.4) is 0 Å². The van der Waals surface area contributed by atoms with Gasteiger partial charge in [0.1, 0.15) is 0 Å². The first-order chi connectivity index (χ1) is 8.28. The molecular formula is C13H18N4. The molecule has 2 N–H and O–H groups in total. The zero-order valence-corrected chi connectivity index (χ0v) is 9.92. The Balaban J connectivity index is 1.81. The monoisotopic (exact) mass is 230 g/mol. The average molecular weight is 230 g/mol. The average Bonchev–Trinajstić information content (AvgIpc) is 2.36. The molecule has 0 radical (unpaired) electrons. The Morgan fingerprint density at radius 3 is 2.71 bits per heavy atom. The van der Waals surface area contributed by atoms with E-state index in [1.807, 2.05) is 18.5 Å². The van der Waals surface area contributed by atoms with Gasteiger partial charge in [-0.15, -0.1) is 0 Å². The fourth-order valence-corrected chi connectivity index (χ4v) is 4.12. The Morgan fingerprint density at radius 2 is 2.06 bits per heavy atom. The molecule has 4 bridgehead atoms. The highest BCUT2D eigenvalue weighted by Gasteiger charge is 2.55. The van der Waals surface area contributed by atoms with Crippen LogP contribution in [0, 0.1) is 5.92 Å². The summed E-state index contributed by atoms with van der Waals surface area (Å²) in [5.41, 5.74) is 8.00. The summed E-state index contributed by atoms with van der Waals surface area (Å²) in [6, 6.07) is 4.52. The number of nitrogens with zero attached hydrogens (tertiary/aromatic N) is 3. The van der Waals surface area contributed by atoms with Crippen molar-refractivity contribution >= 4 is 0 Å². The molecule has 5 rings (SSSR count). The van der Waals surface area contributed by atoms with Gasteiger partial charge >= 0.3 is 0 Å². The van der Waals surface area contributed by atoms with Gasteiger partial charge in [0.25, 0.3) is 0 Å². The summed E-state index contributed by atoms with van der Waals surface area (Å²) in [5, 5.41) is 0. The molecule has 4 aliphatic heterocycles. The molecule has 3 atom stereocenters. The van der Waals surface area contributed by atoms with Crippen LogP contribution in [0.15, 0.2) is 24.5 Å². The fourth-order valence-electron chi connectivity index (χ4n) is 4.12. The lowest BCUT2D eigenvalue weighted by atomic mass is 9.63. The maximum absolute atomic E-state index is 6.55. The summed E-state index contributed by atoms with van der Waals surface area (Å²) >= 11 is 0. The number of piperidine rings is 2. The van der Waals surface area contributed by atoms with Gasteiger partial charge < -0.3 is 5.73 Å². The molecular weight excluding hydrogens is 212 g/mol. The highest BCUT2D eigenvalue weighted by molar-refractivity contribution is 5.31. The lowest BCUT2D eigenvalue weighted by molar-refractivity contribution is -0.0992. The topological polar surface area (TPSA) is 45.4 Å². The van der Waals surface area contributed by atoms with E-state index in [0.717, 1.165) is 19.8 Å². The van der Waals surface area contributed by atoms with Gasteiger partial charge in [0, 0.05) is 55.9 Å². The molecule has 4 saturated heterocycles. The number of nitrogens with two attached hydrogens (primary N) is 1. The van der Waals surface area contributed by atoms with Crippen molar-refractivity contribution in [3.8, 4) is 0 Å². The number of hydrogen-bond acceptors (Lipinski definition) is 4. The first-order valence-electron chi connectivity index (χ1n) is 6.39. The van der Waals surface area contributed by atoms with E-state index in [9.17, 15) is 0 Å². The third-order valence-electron chi connectivity index (χ3n) is 4.78. The van der Waals surface area contributed by atoms with E-state index in [-0.39, 0.29) is 5.41 Å². The van der Waals surface area contributed by atoms with Crippen LogP contribution >= 0.6 is 0 Å². The highest BCUT2D eigenvalue weighted by Crippen LogP contribution is 2.43. The van der Waals surface area contributed by atoms with Crippen molar-refractivity contribution < 1.29 is 0 Å². The van der Waals surface area contributed by atoms with Crippen molar-refractivity contribution in [3.05, 3.63) is 30.1 Å². The van der Waals surface area contributed by atoms with E-state index < -0.39 is 0 Å². The van der Waals surface area contributed by atoms with E-state index in [1.54, 1.807) is 0 Å². The Kier molecular flexibility index (Phi) is 1.93. The quantitative estimate of drug-likeness (QED) is 0.730. The molecule has 4 heteroatoms. The van der Waals surface area contributed by atoms with Crippen molar-refractivity contribution in [1.82, 2.24) is 14.8 Å². The minimum absolute atomic E-state index is 0.119. The van der Waals surface area contributed by atoms with Gasteiger partial charge in [0.15, 0.2) is 0 Å². The van der Waals surface area contributed by atoms with Gasteiger partial charge in [0.05, 0.1) is 6.67 Å². The van der Waals surface area contributed by atoms with Gasteiger partial charge in [-0.1, -0.05) is 6.07 Å². The molecule has 4 nitrogen and oxygen atoms in total. The minimum atomic E-state index is 0.119. The molecule has 17 heavy (non-hydrogen) atoms. The summed E-state index contributed by atoms with van der Waals surface area (Å²) in [7, 11) is 0. The second-order valence-corrected chi connectivity index (χ2v) is 5.85. The van der Waals surface area contributed by atoms with Crippen LogP contribution in [-0.2, 0) is 5.41 Å². The lowest BCUT2D eigenvalue weighted by Gasteiger charge is -2.62. The normalized spacial score (nSPS) is 47.4. The van der Waals surface area contributed by atoms with Gasteiger partial charge in [-0.2, -0.15) is 0 Å². The summed E-state index contributed by atoms with van der Waals surface area (Å²) in [6.45, 7) is 5.70. The smallest absolute Gasteiger partial charge is 0.0507 e. The number of pyridine rings is 1. The summed E-state index contributed by atoms with van der Waals surface area (Å²) < 4.78 is 0. The van der Waals surface area contributed by atoms with Crippen LogP contribution in [-0.4, -0.2) is 53.7 Å². The van der Waals surface area contributed by atoms with Crippen LogP contribution in [0.25, 0.3) is 0 Å². The molecule has 90 valence electrons. The predicted octanol–water partition coefficient (Wildman–Crippen LogP) is -0.135. The van der Waals surface area contributed by atoms with E-state index >= 15 is 0 Å². The van der Waals surface area contributed by atoms with E-state index in [2.05, 4.69) is 20.9 Å². The molecule has 1 aromatic heterocycles. The zero-order chi connectivity index (χ0) is 11.5. The molecule has 3 unspecified atom stereocenters. The van der Waals surface area contributed by atoms with Crippen molar-refractivity contribution in [1.29, 1.82) is 0 Å². The number of hydrogen-bond donors (Lipinski definition) is 1. The Labute approximate surface area is 101 Å². The van der Waals surface area contributed by atoms with Gasteiger partial charge in [0.2, 0.25) is 0 Å². The fraction of sp³-hybridized carbons (Fsp3) is 0.615. The maximum atomic E-state index is 6.55. The van der Waals surface area contributed by atoms with Crippen molar-refractivity contribution in [2.24, 2.45) is 11.7 Å². The predicted molar refractivity (Wildman–Crippen MR) is 65.4 cm³/mol. The zero-order valence-electron chi connectivity index (χ0n) is 9.92. The molecule has 0 aromatic carbocycles. The van der Waals surface area contributed by atoms with E-state index in [1.165, 1.54) is 18.7 Å².